The summed E-state index contributed by atoms with van der Waals surface area (Å²) >= 11 is 0. The molecule has 1 amide bonds. The Morgan fingerprint density at radius 1 is 1.16 bits per heavy atom. The van der Waals surface area contributed by atoms with Gasteiger partial charge in [-0.15, -0.1) is 0 Å². The van der Waals surface area contributed by atoms with Crippen molar-refractivity contribution in [1.82, 2.24) is 14.9 Å². The summed E-state index contributed by atoms with van der Waals surface area (Å²) in [4.78, 5) is 20.3. The zero-order chi connectivity index (χ0) is 24.1. The summed E-state index contributed by atoms with van der Waals surface area (Å²) in [7, 11) is -3.83. The Kier molecular flexibility index (Phi) is 5.87. The fourth-order valence-corrected chi connectivity index (χ4v) is 3.52. The highest BCUT2D eigenvalue weighted by Gasteiger charge is 2.40. The molecule has 0 saturated heterocycles. The number of halogens is 6. The van der Waals surface area contributed by atoms with Crippen LogP contribution in [-0.4, -0.2) is 47.7 Å². The monoisotopic (exact) mass is 483 g/mol. The summed E-state index contributed by atoms with van der Waals surface area (Å²) in [6.07, 6.45) is -10.1. The number of aromatic nitrogens is 2. The van der Waals surface area contributed by atoms with Crippen molar-refractivity contribution in [2.45, 2.75) is 43.4 Å². The quantitative estimate of drug-likeness (QED) is 0.620. The number of hydrogen-bond acceptors (Lipinski definition) is 6. The number of sulfone groups is 1. The van der Waals surface area contributed by atoms with Crippen molar-refractivity contribution >= 4 is 15.7 Å². The van der Waals surface area contributed by atoms with E-state index in [4.69, 9.17) is 4.74 Å². The van der Waals surface area contributed by atoms with Crippen molar-refractivity contribution in [2.24, 2.45) is 0 Å². The molecule has 2 aromatic rings. The van der Waals surface area contributed by atoms with Gasteiger partial charge in [0, 0.05) is 24.6 Å². The van der Waals surface area contributed by atoms with Crippen LogP contribution in [0.3, 0.4) is 0 Å². The first-order valence-corrected chi connectivity index (χ1v) is 10.7. The number of rotatable bonds is 4. The SMILES string of the molecule is C[C@H](Oc1ccc(S(C)(=O)=O)cc1C(=O)N1Cc2cnc(C(F)(F)F)nc2C1)C(F)(F)F. The average Bonchev–Trinajstić information content (AvgIpc) is 3.08. The van der Waals surface area contributed by atoms with Crippen LogP contribution in [0.5, 0.6) is 5.75 Å². The molecule has 0 spiro atoms. The fraction of sp³-hybridized carbons (Fsp3) is 0.389. The molecule has 0 unspecified atom stereocenters. The van der Waals surface area contributed by atoms with Crippen molar-refractivity contribution in [3.05, 3.63) is 47.0 Å². The van der Waals surface area contributed by atoms with E-state index in [1.54, 1.807) is 0 Å². The van der Waals surface area contributed by atoms with Gasteiger partial charge in [-0.1, -0.05) is 0 Å². The highest BCUT2D eigenvalue weighted by molar-refractivity contribution is 7.90. The maximum absolute atomic E-state index is 13.0. The van der Waals surface area contributed by atoms with Gasteiger partial charge in [0.05, 0.1) is 22.7 Å². The lowest BCUT2D eigenvalue weighted by atomic mass is 10.1. The van der Waals surface area contributed by atoms with Crippen LogP contribution in [0.1, 0.15) is 34.4 Å². The van der Waals surface area contributed by atoms with Crippen molar-refractivity contribution in [3.8, 4) is 5.75 Å². The summed E-state index contributed by atoms with van der Waals surface area (Å²) in [6.45, 7) is 0.111. The summed E-state index contributed by atoms with van der Waals surface area (Å²) in [5.74, 6) is -2.86. The van der Waals surface area contributed by atoms with Gasteiger partial charge in [0.1, 0.15) is 5.75 Å². The lowest BCUT2D eigenvalue weighted by Crippen LogP contribution is -2.32. The first-order chi connectivity index (χ1) is 14.6. The van der Waals surface area contributed by atoms with Crippen LogP contribution in [0.25, 0.3) is 0 Å². The third-order valence-electron chi connectivity index (χ3n) is 4.57. The summed E-state index contributed by atoms with van der Waals surface area (Å²) < 4.78 is 106. The minimum absolute atomic E-state index is 0.0777. The van der Waals surface area contributed by atoms with Crippen molar-refractivity contribution < 1.29 is 44.3 Å². The number of fused-ring (bicyclic) bond motifs is 1. The molecule has 7 nitrogen and oxygen atoms in total. The lowest BCUT2D eigenvalue weighted by molar-refractivity contribution is -0.189. The van der Waals surface area contributed by atoms with Crippen LogP contribution in [0.4, 0.5) is 26.3 Å². The normalized spacial score (nSPS) is 15.4. The molecular weight excluding hydrogens is 468 g/mol. The Morgan fingerprint density at radius 3 is 2.38 bits per heavy atom. The van der Waals surface area contributed by atoms with E-state index in [0.717, 1.165) is 35.6 Å². The molecule has 0 saturated carbocycles. The van der Waals surface area contributed by atoms with Gasteiger partial charge in [-0.2, -0.15) is 26.3 Å². The number of carbonyl (C=O) groups is 1. The highest BCUT2D eigenvalue weighted by atomic mass is 32.2. The van der Waals surface area contributed by atoms with E-state index >= 15 is 0 Å². The molecule has 2 heterocycles. The van der Waals surface area contributed by atoms with E-state index in [1.165, 1.54) is 0 Å². The van der Waals surface area contributed by atoms with Gasteiger partial charge in [0.25, 0.3) is 5.91 Å². The molecule has 174 valence electrons. The van der Waals surface area contributed by atoms with Crippen LogP contribution in [0, 0.1) is 0 Å². The molecular formula is C18H15F6N3O4S. The molecule has 1 aliphatic heterocycles. The lowest BCUT2D eigenvalue weighted by Gasteiger charge is -2.22. The van der Waals surface area contributed by atoms with E-state index in [-0.39, 0.29) is 29.2 Å². The molecule has 0 bridgehead atoms. The van der Waals surface area contributed by atoms with Gasteiger partial charge in [0.2, 0.25) is 5.82 Å². The zero-order valence-electron chi connectivity index (χ0n) is 16.5. The number of amides is 1. The summed E-state index contributed by atoms with van der Waals surface area (Å²) in [5.41, 5.74) is -0.344. The van der Waals surface area contributed by atoms with Crippen LogP contribution >= 0.6 is 0 Å². The predicted molar refractivity (Wildman–Crippen MR) is 96.3 cm³/mol. The Morgan fingerprint density at radius 2 is 1.81 bits per heavy atom. The second-order valence-electron chi connectivity index (χ2n) is 7.06. The molecule has 1 aliphatic rings. The van der Waals surface area contributed by atoms with Crippen LogP contribution in [0.15, 0.2) is 29.3 Å². The minimum atomic E-state index is -4.80. The first kappa shape index (κ1) is 23.8. The van der Waals surface area contributed by atoms with Gasteiger partial charge in [-0.25, -0.2) is 18.4 Å². The number of ether oxygens (including phenoxy) is 1. The van der Waals surface area contributed by atoms with E-state index in [1.807, 2.05) is 0 Å². The molecule has 1 aromatic carbocycles. The van der Waals surface area contributed by atoms with Crippen molar-refractivity contribution in [2.75, 3.05) is 6.26 Å². The second kappa shape index (κ2) is 7.90. The Labute approximate surface area is 177 Å². The molecule has 0 fully saturated rings. The van der Waals surface area contributed by atoms with E-state index in [2.05, 4.69) is 9.97 Å². The first-order valence-electron chi connectivity index (χ1n) is 8.86. The topological polar surface area (TPSA) is 89.5 Å². The highest BCUT2D eigenvalue weighted by Crippen LogP contribution is 2.33. The molecule has 0 N–H and O–H groups in total. The molecule has 1 aromatic heterocycles. The van der Waals surface area contributed by atoms with E-state index < -0.39 is 51.3 Å². The fourth-order valence-electron chi connectivity index (χ4n) is 2.87. The standard InChI is InChI=1S/C18H15F6N3O4S/c1-9(17(19,20)21)31-14-4-3-11(32(2,29)30)5-12(14)15(28)27-7-10-6-25-16(18(22,23)24)26-13(10)8-27/h3-6,9H,7-8H2,1-2H3/t9-/m0/s1. The zero-order valence-corrected chi connectivity index (χ0v) is 17.3. The average molecular weight is 483 g/mol. The van der Waals surface area contributed by atoms with Gasteiger partial charge in [0.15, 0.2) is 15.9 Å². The van der Waals surface area contributed by atoms with Crippen molar-refractivity contribution in [3.63, 3.8) is 0 Å². The predicted octanol–water partition coefficient (Wildman–Crippen LogP) is 3.38. The molecule has 3 rings (SSSR count). The third kappa shape index (κ3) is 4.95. The number of nitrogens with zero attached hydrogens (tertiary/aromatic N) is 3. The molecule has 14 heteroatoms. The van der Waals surface area contributed by atoms with Crippen LogP contribution in [0.2, 0.25) is 0 Å². The van der Waals surface area contributed by atoms with Gasteiger partial charge in [-0.3, -0.25) is 4.79 Å². The number of hydrogen-bond donors (Lipinski definition) is 0. The second-order valence-corrected chi connectivity index (χ2v) is 9.07. The molecule has 1 atom stereocenters. The van der Waals surface area contributed by atoms with Crippen LogP contribution in [-0.2, 0) is 29.1 Å². The maximum Gasteiger partial charge on any atom is 0.451 e. The Bertz CT molecular complexity index is 1160. The third-order valence-corrected chi connectivity index (χ3v) is 5.68. The number of benzene rings is 1. The smallest absolute Gasteiger partial charge is 0.451 e. The van der Waals surface area contributed by atoms with Gasteiger partial charge < -0.3 is 9.64 Å². The molecule has 0 aliphatic carbocycles. The molecule has 32 heavy (non-hydrogen) atoms. The van der Waals surface area contributed by atoms with E-state index in [9.17, 15) is 39.6 Å². The number of alkyl halides is 6. The van der Waals surface area contributed by atoms with Gasteiger partial charge in [-0.05, 0) is 25.1 Å². The maximum atomic E-state index is 13.0. The minimum Gasteiger partial charge on any atom is -0.480 e. The molecule has 0 radical (unpaired) electrons. The Hall–Kier alpha value is -2.90. The number of carbonyl (C=O) groups excluding carboxylic acids is 1. The van der Waals surface area contributed by atoms with Crippen LogP contribution < -0.4 is 4.74 Å². The van der Waals surface area contributed by atoms with Gasteiger partial charge >= 0.3 is 12.4 Å². The van der Waals surface area contributed by atoms with E-state index in [0.29, 0.717) is 6.92 Å². The summed E-state index contributed by atoms with van der Waals surface area (Å²) in [6, 6.07) is 2.78. The Balaban J connectivity index is 1.97. The largest absolute Gasteiger partial charge is 0.480 e. The summed E-state index contributed by atoms with van der Waals surface area (Å²) in [5, 5.41) is 0. The van der Waals surface area contributed by atoms with Crippen molar-refractivity contribution in [1.29, 1.82) is 0 Å².